The molecule has 1 aliphatic heterocycles. The SMILES string of the molecule is CCOc1ccc(-n2c(CNC(=O)c3ccc([N+](=O)[O-])cc3)nnc2SCC(=O)N2N=C(c3cccs3)C[C@H]2c2ccc(F)cc2)cc1. The Balaban J connectivity index is 1.23. The molecule has 1 N–H and O–H groups in total. The maximum Gasteiger partial charge on any atom is 0.269 e. The van der Waals surface area contributed by atoms with Crippen LogP contribution in [0.25, 0.3) is 5.69 Å². The van der Waals surface area contributed by atoms with Crippen molar-refractivity contribution in [3.05, 3.63) is 128 Å². The van der Waals surface area contributed by atoms with Gasteiger partial charge in [-0.15, -0.1) is 21.5 Å². The van der Waals surface area contributed by atoms with Crippen molar-refractivity contribution in [1.29, 1.82) is 0 Å². The van der Waals surface area contributed by atoms with Gasteiger partial charge in [0.2, 0.25) is 0 Å². The molecule has 2 aromatic heterocycles. The highest BCUT2D eigenvalue weighted by Gasteiger charge is 2.34. The highest BCUT2D eigenvalue weighted by atomic mass is 32.2. The van der Waals surface area contributed by atoms with E-state index in [2.05, 4.69) is 15.5 Å². The third kappa shape index (κ3) is 7.26. The fraction of sp³-hybridized carbons (Fsp3) is 0.182. The number of hydrogen-bond acceptors (Lipinski definition) is 10. The zero-order valence-electron chi connectivity index (χ0n) is 25.5. The summed E-state index contributed by atoms with van der Waals surface area (Å²) in [6.45, 7) is 2.37. The molecule has 12 nitrogen and oxygen atoms in total. The number of non-ortho nitro benzene ring substituents is 1. The molecule has 5 aromatic rings. The van der Waals surface area contributed by atoms with E-state index in [-0.39, 0.29) is 35.3 Å². The number of nitrogens with one attached hydrogen (secondary N) is 1. The molecule has 2 amide bonds. The van der Waals surface area contributed by atoms with Crippen LogP contribution >= 0.6 is 23.1 Å². The van der Waals surface area contributed by atoms with Crippen LogP contribution in [0.5, 0.6) is 5.75 Å². The van der Waals surface area contributed by atoms with Crippen molar-refractivity contribution < 1.29 is 23.6 Å². The van der Waals surface area contributed by atoms with Crippen LogP contribution in [0.1, 0.15) is 46.0 Å². The minimum absolute atomic E-state index is 0.0161. The number of thioether (sulfide) groups is 1. The standard InChI is InChI=1S/C33H28FN7O5S2/c1-2-46-26-15-13-24(14-16-26)39-30(19-35-32(43)22-7-11-25(12-8-22)41(44)45)36-37-33(39)48-20-31(42)40-28(21-5-9-23(34)10-6-21)18-27(38-40)29-4-3-17-47-29/h3-17,28H,2,18-20H2,1H3,(H,35,43)/t28-/m0/s1. The predicted molar refractivity (Wildman–Crippen MR) is 179 cm³/mol. The Morgan fingerprint density at radius 3 is 2.48 bits per heavy atom. The first-order valence-electron chi connectivity index (χ1n) is 14.8. The molecular formula is C33H28FN7O5S2. The Kier molecular flexibility index (Phi) is 9.87. The molecule has 0 spiro atoms. The van der Waals surface area contributed by atoms with E-state index in [4.69, 9.17) is 9.84 Å². The monoisotopic (exact) mass is 685 g/mol. The van der Waals surface area contributed by atoms with Gasteiger partial charge in [-0.05, 0) is 72.5 Å². The van der Waals surface area contributed by atoms with Crippen LogP contribution < -0.4 is 10.1 Å². The molecule has 0 bridgehead atoms. The zero-order chi connectivity index (χ0) is 33.6. The topological polar surface area (TPSA) is 145 Å². The Morgan fingerprint density at radius 2 is 1.81 bits per heavy atom. The third-order valence-electron chi connectivity index (χ3n) is 7.40. The number of rotatable bonds is 12. The number of benzene rings is 3. The number of carbonyl (C=O) groups is 2. The molecule has 3 heterocycles. The fourth-order valence-corrected chi connectivity index (χ4v) is 6.63. The lowest BCUT2D eigenvalue weighted by Crippen LogP contribution is -2.28. The van der Waals surface area contributed by atoms with Crippen LogP contribution in [0.15, 0.2) is 101 Å². The summed E-state index contributed by atoms with van der Waals surface area (Å²) in [4.78, 5) is 38.0. The summed E-state index contributed by atoms with van der Waals surface area (Å²) in [5.41, 5.74) is 2.36. The maximum atomic E-state index is 13.7. The van der Waals surface area contributed by atoms with Crippen LogP contribution in [0.2, 0.25) is 0 Å². The van der Waals surface area contributed by atoms with Gasteiger partial charge in [0.25, 0.3) is 17.5 Å². The van der Waals surface area contributed by atoms with E-state index in [1.54, 1.807) is 28.8 Å². The highest BCUT2D eigenvalue weighted by Crippen LogP contribution is 2.35. The molecule has 0 unspecified atom stereocenters. The van der Waals surface area contributed by atoms with Gasteiger partial charge < -0.3 is 10.1 Å². The number of nitro groups is 1. The molecule has 0 saturated carbocycles. The van der Waals surface area contributed by atoms with Gasteiger partial charge in [-0.1, -0.05) is 30.0 Å². The summed E-state index contributed by atoms with van der Waals surface area (Å²) in [5.74, 6) is -0.0351. The Labute approximate surface area is 282 Å². The van der Waals surface area contributed by atoms with E-state index in [0.717, 1.165) is 16.2 Å². The van der Waals surface area contributed by atoms with Crippen molar-refractivity contribution in [3.63, 3.8) is 0 Å². The summed E-state index contributed by atoms with van der Waals surface area (Å²) < 4.78 is 21.1. The largest absolute Gasteiger partial charge is 0.494 e. The summed E-state index contributed by atoms with van der Waals surface area (Å²) in [5, 5.41) is 30.9. The van der Waals surface area contributed by atoms with Crippen molar-refractivity contribution in [2.24, 2.45) is 5.10 Å². The van der Waals surface area contributed by atoms with Crippen molar-refractivity contribution in [2.45, 2.75) is 31.1 Å². The van der Waals surface area contributed by atoms with E-state index < -0.39 is 16.9 Å². The van der Waals surface area contributed by atoms with Crippen molar-refractivity contribution in [3.8, 4) is 11.4 Å². The number of amides is 2. The molecule has 0 radical (unpaired) electrons. The van der Waals surface area contributed by atoms with Gasteiger partial charge in [0.15, 0.2) is 11.0 Å². The first-order valence-corrected chi connectivity index (χ1v) is 16.7. The first kappa shape index (κ1) is 32.5. The number of carbonyl (C=O) groups excluding carboxylic acids is 2. The van der Waals surface area contributed by atoms with Crippen molar-refractivity contribution in [1.82, 2.24) is 25.1 Å². The average Bonchev–Trinajstić information content (AvgIpc) is 3.88. The zero-order valence-corrected chi connectivity index (χ0v) is 27.1. The number of nitro benzene ring substituents is 1. The quantitative estimate of drug-likeness (QED) is 0.0932. The highest BCUT2D eigenvalue weighted by molar-refractivity contribution is 7.99. The molecular weight excluding hydrogens is 658 g/mol. The van der Waals surface area contributed by atoms with Gasteiger partial charge in [0, 0.05) is 29.8 Å². The Bertz CT molecular complexity index is 1950. The Morgan fingerprint density at radius 1 is 1.06 bits per heavy atom. The number of hydrazone groups is 1. The van der Waals surface area contributed by atoms with Crippen LogP contribution in [0.3, 0.4) is 0 Å². The van der Waals surface area contributed by atoms with Gasteiger partial charge in [-0.3, -0.25) is 24.3 Å². The number of ether oxygens (including phenoxy) is 1. The van der Waals surface area contributed by atoms with E-state index in [1.165, 1.54) is 64.5 Å². The molecule has 0 aliphatic carbocycles. The summed E-state index contributed by atoms with van der Waals surface area (Å²) in [6.07, 6.45) is 0.490. The van der Waals surface area contributed by atoms with E-state index in [9.17, 15) is 24.1 Å². The molecule has 48 heavy (non-hydrogen) atoms. The van der Waals surface area contributed by atoms with Gasteiger partial charge in [-0.2, -0.15) is 5.10 Å². The van der Waals surface area contributed by atoms with Gasteiger partial charge in [0.05, 0.1) is 40.5 Å². The number of thiophene rings is 1. The second kappa shape index (κ2) is 14.6. The van der Waals surface area contributed by atoms with Crippen LogP contribution in [-0.2, 0) is 11.3 Å². The van der Waals surface area contributed by atoms with E-state index >= 15 is 0 Å². The predicted octanol–water partition coefficient (Wildman–Crippen LogP) is 6.17. The molecule has 1 aliphatic rings. The number of aromatic nitrogens is 3. The lowest BCUT2D eigenvalue weighted by atomic mass is 10.0. The lowest BCUT2D eigenvalue weighted by Gasteiger charge is -2.22. The molecule has 6 rings (SSSR count). The normalized spacial score (nSPS) is 14.1. The summed E-state index contributed by atoms with van der Waals surface area (Å²) in [7, 11) is 0. The third-order valence-corrected chi connectivity index (χ3v) is 9.24. The van der Waals surface area contributed by atoms with Crippen LogP contribution in [0, 0.1) is 15.9 Å². The molecule has 0 fully saturated rings. The van der Waals surface area contributed by atoms with Gasteiger partial charge in [-0.25, -0.2) is 9.40 Å². The first-order chi connectivity index (χ1) is 23.3. The molecule has 15 heteroatoms. The smallest absolute Gasteiger partial charge is 0.269 e. The number of nitrogens with zero attached hydrogens (tertiary/aromatic N) is 6. The van der Waals surface area contributed by atoms with Crippen LogP contribution in [-0.4, -0.2) is 54.6 Å². The molecule has 3 aromatic carbocycles. The van der Waals surface area contributed by atoms with E-state index in [1.807, 2.05) is 36.6 Å². The maximum absolute atomic E-state index is 13.7. The summed E-state index contributed by atoms with van der Waals surface area (Å²) >= 11 is 2.70. The fourth-order valence-electron chi connectivity index (χ4n) is 5.09. The van der Waals surface area contributed by atoms with Gasteiger partial charge in [0.1, 0.15) is 11.6 Å². The molecule has 1 atom stereocenters. The number of hydrogen-bond donors (Lipinski definition) is 1. The van der Waals surface area contributed by atoms with Crippen molar-refractivity contribution in [2.75, 3.05) is 12.4 Å². The van der Waals surface area contributed by atoms with Crippen molar-refractivity contribution >= 4 is 46.3 Å². The number of halogens is 1. The van der Waals surface area contributed by atoms with Gasteiger partial charge >= 0.3 is 0 Å². The lowest BCUT2D eigenvalue weighted by molar-refractivity contribution is -0.384. The molecule has 244 valence electrons. The second-order valence-corrected chi connectivity index (χ2v) is 12.4. The second-order valence-electron chi connectivity index (χ2n) is 10.5. The molecule has 0 saturated heterocycles. The minimum Gasteiger partial charge on any atom is -0.494 e. The minimum atomic E-state index is -0.535. The Hall–Kier alpha value is -5.41. The van der Waals surface area contributed by atoms with Crippen LogP contribution in [0.4, 0.5) is 10.1 Å². The van der Waals surface area contributed by atoms with E-state index in [0.29, 0.717) is 35.4 Å². The summed E-state index contributed by atoms with van der Waals surface area (Å²) in [6, 6.07) is 22.1. The average molecular weight is 686 g/mol.